The number of nitrogens with one attached hydrogen (secondary N) is 1. The number of halogens is 3. The fourth-order valence-electron chi connectivity index (χ4n) is 1.81. The van der Waals surface area contributed by atoms with Gasteiger partial charge >= 0.3 is 6.18 Å². The first-order valence-electron chi connectivity index (χ1n) is 5.99. The second-order valence-electron chi connectivity index (χ2n) is 4.70. The molecule has 2 N–H and O–H groups in total. The summed E-state index contributed by atoms with van der Waals surface area (Å²) in [5.41, 5.74) is -0.448. The Balaban J connectivity index is 2.54. The van der Waals surface area contributed by atoms with Gasteiger partial charge in [-0.25, -0.2) is 0 Å². The largest absolute Gasteiger partial charge is 0.416 e. The second-order valence-corrected chi connectivity index (χ2v) is 4.70. The molecule has 0 heterocycles. The molecule has 108 valence electrons. The Bertz CT molecular complexity index is 394. The van der Waals surface area contributed by atoms with E-state index in [0.717, 1.165) is 6.07 Å². The van der Waals surface area contributed by atoms with Crippen molar-refractivity contribution in [3.8, 4) is 0 Å². The van der Waals surface area contributed by atoms with Crippen LogP contribution in [0.2, 0.25) is 0 Å². The van der Waals surface area contributed by atoms with E-state index in [1.54, 1.807) is 6.07 Å². The Labute approximate surface area is 111 Å². The molecule has 0 saturated heterocycles. The molecule has 0 bridgehead atoms. The number of hydrogen-bond donors (Lipinski definition) is 2. The predicted molar refractivity (Wildman–Crippen MR) is 67.7 cm³/mol. The molecule has 0 aliphatic carbocycles. The number of likely N-dealkylation sites (N-methyl/N-ethyl adjacent to an activating group) is 1. The van der Waals surface area contributed by atoms with Crippen LogP contribution in [0, 0.1) is 0 Å². The molecular weight excluding hydrogens is 257 g/mol. The minimum Gasteiger partial charge on any atom is -0.390 e. The molecule has 0 aromatic heterocycles. The Morgan fingerprint density at radius 2 is 1.89 bits per heavy atom. The number of aliphatic hydroxyl groups is 1. The maximum absolute atomic E-state index is 12.7. The molecule has 1 rings (SSSR count). The highest BCUT2D eigenvalue weighted by atomic mass is 19.4. The standard InChI is InChI=1S/C13H19F3N2O/c1-18(2)9-11(19)8-17-7-10-5-3-4-6-12(10)13(14,15)16/h3-6,11,17,19H,7-9H2,1-2H3. The fourth-order valence-corrected chi connectivity index (χ4v) is 1.81. The van der Waals surface area contributed by atoms with Gasteiger partial charge in [0.2, 0.25) is 0 Å². The maximum Gasteiger partial charge on any atom is 0.416 e. The normalized spacial score (nSPS) is 13.8. The lowest BCUT2D eigenvalue weighted by Crippen LogP contribution is -2.35. The third kappa shape index (κ3) is 5.59. The smallest absolute Gasteiger partial charge is 0.390 e. The van der Waals surface area contributed by atoms with E-state index in [0.29, 0.717) is 6.54 Å². The highest BCUT2D eigenvalue weighted by molar-refractivity contribution is 5.29. The van der Waals surface area contributed by atoms with Crippen molar-refractivity contribution in [1.82, 2.24) is 10.2 Å². The third-order valence-electron chi connectivity index (χ3n) is 2.59. The summed E-state index contributed by atoms with van der Waals surface area (Å²) in [6, 6.07) is 5.44. The molecule has 1 aromatic rings. The van der Waals surface area contributed by atoms with Gasteiger partial charge in [0.25, 0.3) is 0 Å². The zero-order valence-electron chi connectivity index (χ0n) is 11.0. The summed E-state index contributed by atoms with van der Waals surface area (Å²) in [5, 5.41) is 12.4. The molecule has 0 saturated carbocycles. The topological polar surface area (TPSA) is 35.5 Å². The number of aliphatic hydroxyl groups excluding tert-OH is 1. The monoisotopic (exact) mass is 276 g/mol. The van der Waals surface area contributed by atoms with Gasteiger partial charge in [0, 0.05) is 19.6 Å². The average Bonchev–Trinajstić information content (AvgIpc) is 2.27. The first kappa shape index (κ1) is 15.9. The van der Waals surface area contributed by atoms with Gasteiger partial charge in [-0.2, -0.15) is 13.2 Å². The van der Waals surface area contributed by atoms with E-state index in [9.17, 15) is 18.3 Å². The summed E-state index contributed by atoms with van der Waals surface area (Å²) >= 11 is 0. The van der Waals surface area contributed by atoms with Gasteiger partial charge in [-0.15, -0.1) is 0 Å². The Kier molecular flexibility index (Phi) is 5.78. The highest BCUT2D eigenvalue weighted by Crippen LogP contribution is 2.31. The number of hydrogen-bond acceptors (Lipinski definition) is 3. The van der Waals surface area contributed by atoms with Crippen LogP contribution in [0.3, 0.4) is 0 Å². The van der Waals surface area contributed by atoms with Crippen molar-refractivity contribution < 1.29 is 18.3 Å². The van der Waals surface area contributed by atoms with Crippen LogP contribution >= 0.6 is 0 Å². The quantitative estimate of drug-likeness (QED) is 0.830. The van der Waals surface area contributed by atoms with Crippen LogP contribution in [0.5, 0.6) is 0 Å². The van der Waals surface area contributed by atoms with E-state index in [2.05, 4.69) is 5.32 Å². The van der Waals surface area contributed by atoms with Gasteiger partial charge in [0.05, 0.1) is 11.7 Å². The SMILES string of the molecule is CN(C)CC(O)CNCc1ccccc1C(F)(F)F. The van der Waals surface area contributed by atoms with Crippen molar-refractivity contribution in [2.24, 2.45) is 0 Å². The van der Waals surface area contributed by atoms with E-state index in [1.807, 2.05) is 19.0 Å². The lowest BCUT2D eigenvalue weighted by molar-refractivity contribution is -0.138. The first-order chi connectivity index (χ1) is 8.80. The molecule has 0 spiro atoms. The van der Waals surface area contributed by atoms with Crippen molar-refractivity contribution in [2.45, 2.75) is 18.8 Å². The molecule has 3 nitrogen and oxygen atoms in total. The highest BCUT2D eigenvalue weighted by Gasteiger charge is 2.32. The summed E-state index contributed by atoms with van der Waals surface area (Å²) < 4.78 is 38.2. The van der Waals surface area contributed by atoms with Crippen LogP contribution in [0.1, 0.15) is 11.1 Å². The lowest BCUT2D eigenvalue weighted by atomic mass is 10.1. The van der Waals surface area contributed by atoms with E-state index in [-0.39, 0.29) is 18.7 Å². The van der Waals surface area contributed by atoms with Crippen LogP contribution in [0.15, 0.2) is 24.3 Å². The summed E-state index contributed by atoms with van der Waals surface area (Å²) in [5.74, 6) is 0. The fraction of sp³-hybridized carbons (Fsp3) is 0.538. The third-order valence-corrected chi connectivity index (χ3v) is 2.59. The molecule has 6 heteroatoms. The molecular formula is C13H19F3N2O. The number of alkyl halides is 3. The van der Waals surface area contributed by atoms with Crippen LogP contribution in [-0.4, -0.2) is 43.3 Å². The maximum atomic E-state index is 12.7. The van der Waals surface area contributed by atoms with Gasteiger partial charge in [-0.1, -0.05) is 18.2 Å². The Morgan fingerprint density at radius 1 is 1.26 bits per heavy atom. The van der Waals surface area contributed by atoms with Crippen LogP contribution in [0.25, 0.3) is 0 Å². The van der Waals surface area contributed by atoms with Gasteiger partial charge in [0.1, 0.15) is 0 Å². The van der Waals surface area contributed by atoms with Gasteiger partial charge in [-0.3, -0.25) is 0 Å². The molecule has 1 aromatic carbocycles. The summed E-state index contributed by atoms with van der Waals surface area (Å²) in [6.45, 7) is 0.804. The first-order valence-corrected chi connectivity index (χ1v) is 5.99. The van der Waals surface area contributed by atoms with E-state index < -0.39 is 17.8 Å². The minimum atomic E-state index is -4.35. The Morgan fingerprint density at radius 3 is 2.47 bits per heavy atom. The summed E-state index contributed by atoms with van der Waals surface area (Å²) in [6.07, 6.45) is -4.95. The summed E-state index contributed by atoms with van der Waals surface area (Å²) in [4.78, 5) is 1.82. The van der Waals surface area contributed by atoms with Crippen LogP contribution in [-0.2, 0) is 12.7 Å². The molecule has 1 unspecified atom stereocenters. The molecule has 0 aliphatic heterocycles. The molecule has 0 aliphatic rings. The van der Waals surface area contributed by atoms with Crippen molar-refractivity contribution in [1.29, 1.82) is 0 Å². The van der Waals surface area contributed by atoms with Crippen molar-refractivity contribution in [3.05, 3.63) is 35.4 Å². The van der Waals surface area contributed by atoms with E-state index in [1.165, 1.54) is 12.1 Å². The zero-order chi connectivity index (χ0) is 14.5. The second kappa shape index (κ2) is 6.88. The molecule has 0 amide bonds. The predicted octanol–water partition coefficient (Wildman–Crippen LogP) is 1.72. The zero-order valence-corrected chi connectivity index (χ0v) is 11.0. The van der Waals surface area contributed by atoms with Gasteiger partial charge in [0.15, 0.2) is 0 Å². The number of benzene rings is 1. The Hall–Kier alpha value is -1.11. The van der Waals surface area contributed by atoms with Gasteiger partial charge < -0.3 is 15.3 Å². The average molecular weight is 276 g/mol. The van der Waals surface area contributed by atoms with E-state index in [4.69, 9.17) is 0 Å². The number of nitrogens with zero attached hydrogens (tertiary/aromatic N) is 1. The van der Waals surface area contributed by atoms with E-state index >= 15 is 0 Å². The van der Waals surface area contributed by atoms with Crippen LogP contribution in [0.4, 0.5) is 13.2 Å². The van der Waals surface area contributed by atoms with Crippen molar-refractivity contribution >= 4 is 0 Å². The van der Waals surface area contributed by atoms with Crippen LogP contribution < -0.4 is 5.32 Å². The number of rotatable bonds is 6. The lowest BCUT2D eigenvalue weighted by Gasteiger charge is -2.17. The van der Waals surface area contributed by atoms with Crippen molar-refractivity contribution in [3.63, 3.8) is 0 Å². The molecule has 19 heavy (non-hydrogen) atoms. The molecule has 1 atom stereocenters. The minimum absolute atomic E-state index is 0.0835. The van der Waals surface area contributed by atoms with Gasteiger partial charge in [-0.05, 0) is 25.7 Å². The molecule has 0 fully saturated rings. The van der Waals surface area contributed by atoms with Crippen molar-refractivity contribution in [2.75, 3.05) is 27.2 Å². The molecule has 0 radical (unpaired) electrons. The summed E-state index contributed by atoms with van der Waals surface area (Å²) in [7, 11) is 3.64.